The number of nitrogens with two attached hydrogens (primary N) is 1. The standard InChI is InChI=1S/C18H28N2O2Si/c1-13-11-20(15-5-8-21-9-6-15)7-4-18(23)16-3-2-14(19)10-17(16)22-12-13/h2-3,10,13,15H,4-9,11-12,19,23H2,1H3/t13-/m0/s1. The molecule has 126 valence electrons. The van der Waals surface area contributed by atoms with Crippen molar-refractivity contribution in [2.24, 2.45) is 5.92 Å². The highest BCUT2D eigenvalue weighted by Crippen LogP contribution is 2.26. The molecule has 1 aromatic rings. The summed E-state index contributed by atoms with van der Waals surface area (Å²) in [6.07, 6.45) is 3.40. The monoisotopic (exact) mass is 332 g/mol. The minimum atomic E-state index is 0.507. The van der Waals surface area contributed by atoms with E-state index < -0.39 is 0 Å². The average molecular weight is 333 g/mol. The first-order chi connectivity index (χ1) is 11.1. The maximum absolute atomic E-state index is 6.12. The molecule has 1 atom stereocenters. The second-order valence-corrected chi connectivity index (χ2v) is 7.72. The van der Waals surface area contributed by atoms with E-state index in [1.54, 1.807) is 0 Å². The number of hydrogen-bond acceptors (Lipinski definition) is 4. The fourth-order valence-corrected chi connectivity index (χ4v) is 3.97. The SMILES string of the molecule is C[C@@H]1COc2cc(N)ccc2C(=[SiH2])CCN(C2CCOCC2)C1. The molecule has 5 heteroatoms. The fraction of sp³-hybridized carbons (Fsp3) is 0.611. The number of rotatable bonds is 1. The van der Waals surface area contributed by atoms with Crippen molar-refractivity contribution in [2.45, 2.75) is 32.2 Å². The summed E-state index contributed by atoms with van der Waals surface area (Å²) in [6, 6.07) is 6.71. The van der Waals surface area contributed by atoms with Gasteiger partial charge in [-0.3, -0.25) is 4.90 Å². The third kappa shape index (κ3) is 4.22. The van der Waals surface area contributed by atoms with Gasteiger partial charge in [-0.05, 0) is 41.2 Å². The summed E-state index contributed by atoms with van der Waals surface area (Å²) in [7, 11) is 1.98. The molecular formula is C18H28N2O2Si. The molecule has 4 nitrogen and oxygen atoms in total. The van der Waals surface area contributed by atoms with Gasteiger partial charge in [0.25, 0.3) is 0 Å². The maximum atomic E-state index is 6.12. The largest absolute Gasteiger partial charge is 0.493 e. The average Bonchev–Trinajstić information content (AvgIpc) is 2.57. The Hall–Kier alpha value is -1.17. The molecule has 2 heterocycles. The van der Waals surface area contributed by atoms with Crippen molar-refractivity contribution in [1.82, 2.24) is 4.90 Å². The van der Waals surface area contributed by atoms with Gasteiger partial charge in [-0.15, -0.1) is 0 Å². The summed E-state index contributed by atoms with van der Waals surface area (Å²) in [4.78, 5) is 2.66. The minimum absolute atomic E-state index is 0.507. The van der Waals surface area contributed by atoms with Gasteiger partial charge < -0.3 is 15.2 Å². The zero-order valence-electron chi connectivity index (χ0n) is 14.1. The summed E-state index contributed by atoms with van der Waals surface area (Å²) in [5, 5.41) is 1.41. The van der Waals surface area contributed by atoms with Crippen molar-refractivity contribution >= 4 is 20.7 Å². The predicted molar refractivity (Wildman–Crippen MR) is 98.2 cm³/mol. The molecule has 2 aliphatic heterocycles. The third-order valence-corrected chi connectivity index (χ3v) is 5.60. The molecule has 3 rings (SSSR count). The van der Waals surface area contributed by atoms with Gasteiger partial charge in [-0.1, -0.05) is 12.1 Å². The van der Waals surface area contributed by atoms with E-state index in [0.29, 0.717) is 12.0 Å². The first-order valence-corrected chi connectivity index (χ1v) is 9.36. The molecule has 2 N–H and O–H groups in total. The third-order valence-electron chi connectivity index (χ3n) is 4.86. The Labute approximate surface area is 142 Å². The molecule has 0 spiro atoms. The van der Waals surface area contributed by atoms with E-state index in [4.69, 9.17) is 15.2 Å². The van der Waals surface area contributed by atoms with E-state index >= 15 is 0 Å². The molecule has 1 saturated heterocycles. The van der Waals surface area contributed by atoms with Crippen LogP contribution in [0.4, 0.5) is 5.69 Å². The molecule has 0 aliphatic carbocycles. The molecular weight excluding hydrogens is 304 g/mol. The normalized spacial score (nSPS) is 24.7. The molecule has 0 amide bonds. The van der Waals surface area contributed by atoms with Gasteiger partial charge in [0.2, 0.25) is 0 Å². The summed E-state index contributed by atoms with van der Waals surface area (Å²) in [6.45, 7) is 7.04. The van der Waals surface area contributed by atoms with Crippen LogP contribution in [-0.4, -0.2) is 58.9 Å². The quantitative estimate of drug-likeness (QED) is 0.622. The van der Waals surface area contributed by atoms with Crippen molar-refractivity contribution in [2.75, 3.05) is 38.6 Å². The summed E-state index contributed by atoms with van der Waals surface area (Å²) < 4.78 is 11.6. The van der Waals surface area contributed by atoms with E-state index in [0.717, 1.165) is 63.6 Å². The first-order valence-electron chi connectivity index (χ1n) is 8.65. The smallest absolute Gasteiger partial charge is 0.128 e. The van der Waals surface area contributed by atoms with Crippen LogP contribution in [0.5, 0.6) is 5.75 Å². The number of hydrogen-bond donors (Lipinski definition) is 1. The van der Waals surface area contributed by atoms with Crippen LogP contribution < -0.4 is 10.5 Å². The van der Waals surface area contributed by atoms with Crippen molar-refractivity contribution in [1.29, 1.82) is 0 Å². The van der Waals surface area contributed by atoms with Crippen LogP contribution in [0.3, 0.4) is 0 Å². The van der Waals surface area contributed by atoms with Crippen LogP contribution in [0.1, 0.15) is 31.7 Å². The van der Waals surface area contributed by atoms with Gasteiger partial charge in [0, 0.05) is 55.6 Å². The van der Waals surface area contributed by atoms with Gasteiger partial charge in [0.05, 0.1) is 6.61 Å². The molecule has 0 bridgehead atoms. The Morgan fingerprint density at radius 3 is 2.83 bits per heavy atom. The molecule has 2 aliphatic rings. The molecule has 0 aromatic heterocycles. The Bertz CT molecular complexity index is 558. The highest BCUT2D eigenvalue weighted by atomic mass is 28.1. The highest BCUT2D eigenvalue weighted by molar-refractivity contribution is 6.44. The van der Waals surface area contributed by atoms with E-state index in [9.17, 15) is 0 Å². The lowest BCUT2D eigenvalue weighted by molar-refractivity contribution is 0.0272. The first kappa shape index (κ1) is 16.7. The van der Waals surface area contributed by atoms with Crippen LogP contribution in [0.15, 0.2) is 18.2 Å². The van der Waals surface area contributed by atoms with E-state index in [2.05, 4.69) is 17.9 Å². The Kier molecular flexibility index (Phi) is 5.51. The number of fused-ring (bicyclic) bond motifs is 1. The van der Waals surface area contributed by atoms with Crippen LogP contribution in [-0.2, 0) is 4.74 Å². The Morgan fingerprint density at radius 1 is 1.26 bits per heavy atom. The van der Waals surface area contributed by atoms with Crippen molar-refractivity contribution < 1.29 is 9.47 Å². The maximum Gasteiger partial charge on any atom is 0.128 e. The summed E-state index contributed by atoms with van der Waals surface area (Å²) >= 11 is 0. The zero-order chi connectivity index (χ0) is 16.2. The minimum Gasteiger partial charge on any atom is -0.493 e. The van der Waals surface area contributed by atoms with Crippen molar-refractivity contribution in [3.8, 4) is 5.75 Å². The molecule has 0 radical (unpaired) electrons. The summed E-state index contributed by atoms with van der Waals surface area (Å²) in [5.74, 6) is 1.45. The lowest BCUT2D eigenvalue weighted by atomic mass is 10.0. The highest BCUT2D eigenvalue weighted by Gasteiger charge is 2.24. The second-order valence-electron chi connectivity index (χ2n) is 6.86. The fourth-order valence-electron chi connectivity index (χ4n) is 3.52. The van der Waals surface area contributed by atoms with E-state index in [1.807, 2.05) is 22.0 Å². The van der Waals surface area contributed by atoms with Crippen molar-refractivity contribution in [3.63, 3.8) is 0 Å². The van der Waals surface area contributed by atoms with Gasteiger partial charge in [0.15, 0.2) is 0 Å². The van der Waals surface area contributed by atoms with Crippen molar-refractivity contribution in [3.05, 3.63) is 23.8 Å². The zero-order valence-corrected chi connectivity index (χ0v) is 15.5. The molecule has 1 fully saturated rings. The lowest BCUT2D eigenvalue weighted by Gasteiger charge is -2.36. The van der Waals surface area contributed by atoms with Gasteiger partial charge in [-0.2, -0.15) is 0 Å². The molecule has 23 heavy (non-hydrogen) atoms. The number of nitrogen functional groups attached to an aromatic ring is 1. The molecule has 1 aromatic carbocycles. The van der Waals surface area contributed by atoms with Gasteiger partial charge in [-0.25, -0.2) is 0 Å². The van der Waals surface area contributed by atoms with Gasteiger partial charge in [0.1, 0.15) is 5.75 Å². The number of ether oxygens (including phenoxy) is 2. The van der Waals surface area contributed by atoms with E-state index in [-0.39, 0.29) is 0 Å². The molecule has 0 saturated carbocycles. The van der Waals surface area contributed by atoms with Crippen LogP contribution in [0.25, 0.3) is 0 Å². The van der Waals surface area contributed by atoms with E-state index in [1.165, 1.54) is 10.7 Å². The predicted octanol–water partition coefficient (Wildman–Crippen LogP) is 1.32. The van der Waals surface area contributed by atoms with Crippen LogP contribution >= 0.6 is 0 Å². The van der Waals surface area contributed by atoms with Crippen LogP contribution in [0.2, 0.25) is 0 Å². The van der Waals surface area contributed by atoms with Crippen LogP contribution in [0, 0.1) is 5.92 Å². The Morgan fingerprint density at radius 2 is 2.04 bits per heavy atom. The molecule has 0 unspecified atom stereocenters. The number of benzene rings is 1. The number of nitrogens with zero attached hydrogens (tertiary/aromatic N) is 1. The number of anilines is 1. The van der Waals surface area contributed by atoms with Gasteiger partial charge >= 0.3 is 0 Å². The summed E-state index contributed by atoms with van der Waals surface area (Å²) in [5.41, 5.74) is 7.93. The Balaban J connectivity index is 1.77. The lowest BCUT2D eigenvalue weighted by Crippen LogP contribution is -2.44. The topological polar surface area (TPSA) is 47.7 Å². The second kappa shape index (κ2) is 7.60.